The minimum Gasteiger partial charge on any atom is -0.305 e. The second-order valence-electron chi connectivity index (χ2n) is 16.1. The third-order valence-electron chi connectivity index (χ3n) is 12.0. The van der Waals surface area contributed by atoms with Crippen LogP contribution in [0, 0.1) is 18.2 Å². The van der Waals surface area contributed by atoms with Gasteiger partial charge in [-0.15, -0.1) is 89.0 Å². The average Bonchev–Trinajstić information content (AvgIpc) is 3.41. The zero-order valence-corrected chi connectivity index (χ0v) is 38.7. The fourth-order valence-corrected chi connectivity index (χ4v) is 8.81. The van der Waals surface area contributed by atoms with Crippen molar-refractivity contribution in [2.45, 2.75) is 0 Å². The van der Waals surface area contributed by atoms with Crippen LogP contribution >= 0.6 is 0 Å². The van der Waals surface area contributed by atoms with Crippen molar-refractivity contribution in [1.29, 1.82) is 0 Å². The van der Waals surface area contributed by atoms with Gasteiger partial charge in [0.05, 0.1) is 0 Å². The molecule has 0 saturated carbocycles. The molecular formula is C63H40IrN3. The molecule has 0 aliphatic rings. The first-order valence-corrected chi connectivity index (χ1v) is 22.1. The summed E-state index contributed by atoms with van der Waals surface area (Å²) in [4.78, 5) is 13.8. The van der Waals surface area contributed by atoms with Crippen LogP contribution in [0.15, 0.2) is 243 Å². The number of hydrogen-bond donors (Lipinski definition) is 0. The molecule has 0 spiro atoms. The molecule has 0 amide bonds. The molecule has 0 bridgehead atoms. The second-order valence-corrected chi connectivity index (χ2v) is 16.1. The molecule has 3 nitrogen and oxygen atoms in total. The molecule has 0 fully saturated rings. The molecule has 0 radical (unpaired) electrons. The molecule has 0 atom stereocenters. The minimum atomic E-state index is 0. The number of aromatic nitrogens is 3. The Morgan fingerprint density at radius 3 is 1.07 bits per heavy atom. The molecule has 316 valence electrons. The number of pyridine rings is 3. The zero-order valence-electron chi connectivity index (χ0n) is 36.3. The van der Waals surface area contributed by atoms with E-state index in [1.54, 1.807) is 0 Å². The van der Waals surface area contributed by atoms with Crippen molar-refractivity contribution in [1.82, 2.24) is 15.0 Å². The summed E-state index contributed by atoms with van der Waals surface area (Å²) in [6.45, 7) is 0. The van der Waals surface area contributed by atoms with Gasteiger partial charge >= 0.3 is 20.1 Å². The Morgan fingerprint density at radius 2 is 0.642 bits per heavy atom. The Hall–Kier alpha value is -8.14. The topological polar surface area (TPSA) is 38.7 Å². The van der Waals surface area contributed by atoms with Crippen molar-refractivity contribution in [2.75, 3.05) is 0 Å². The summed E-state index contributed by atoms with van der Waals surface area (Å²) in [6, 6.07) is 89.5. The molecule has 3 aromatic heterocycles. The Balaban J connectivity index is 0.00000525. The fraction of sp³-hybridized carbons (Fsp3) is 0. The van der Waals surface area contributed by atoms with Gasteiger partial charge < -0.3 is 9.97 Å². The monoisotopic (exact) mass is 1030 g/mol. The molecule has 0 saturated heterocycles. The van der Waals surface area contributed by atoms with Crippen molar-refractivity contribution in [3.63, 3.8) is 0 Å². The van der Waals surface area contributed by atoms with Crippen molar-refractivity contribution >= 4 is 0 Å². The van der Waals surface area contributed by atoms with Gasteiger partial charge in [0.25, 0.3) is 0 Å². The molecule has 0 aliphatic heterocycles. The smallest absolute Gasteiger partial charge is 0.305 e. The molecule has 0 aliphatic carbocycles. The van der Waals surface area contributed by atoms with Crippen LogP contribution in [0.4, 0.5) is 0 Å². The number of rotatable bonds is 10. The average molecular weight is 1030 g/mol. The molecule has 3 heterocycles. The molecular weight excluding hydrogens is 991 g/mol. The van der Waals surface area contributed by atoms with E-state index in [2.05, 4.69) is 198 Å². The fourth-order valence-electron chi connectivity index (χ4n) is 8.81. The Bertz CT molecular complexity index is 3280. The third-order valence-corrected chi connectivity index (χ3v) is 12.0. The number of benzene rings is 8. The van der Waals surface area contributed by atoms with Crippen LogP contribution in [-0.4, -0.2) is 15.0 Å². The van der Waals surface area contributed by atoms with E-state index >= 15 is 0 Å². The summed E-state index contributed by atoms with van der Waals surface area (Å²) < 4.78 is 0. The SMILES string of the molecule is [Ir+3].[c-]1cc(-c2ccccc2-c2cc(-c3ccccc3-c3c[c-]c(-c4ccccn4)cc3)cc(-c3ccccc3-c3[c-]cc(-c4ccccn4)cc3-c3ccccc3)c2)ccc1-c1ccccn1. The molecule has 8 aromatic carbocycles. The van der Waals surface area contributed by atoms with Crippen LogP contribution in [0.25, 0.3) is 112 Å². The van der Waals surface area contributed by atoms with E-state index in [9.17, 15) is 0 Å². The van der Waals surface area contributed by atoms with E-state index in [1.807, 2.05) is 73.2 Å². The first kappa shape index (κ1) is 42.8. The van der Waals surface area contributed by atoms with Crippen molar-refractivity contribution in [3.8, 4) is 112 Å². The van der Waals surface area contributed by atoms with Crippen LogP contribution in [0.2, 0.25) is 0 Å². The summed E-state index contributed by atoms with van der Waals surface area (Å²) in [5, 5.41) is 0. The van der Waals surface area contributed by atoms with Gasteiger partial charge in [0.2, 0.25) is 0 Å². The first-order chi connectivity index (χ1) is 32.7. The van der Waals surface area contributed by atoms with Crippen LogP contribution < -0.4 is 0 Å². The molecule has 11 rings (SSSR count). The van der Waals surface area contributed by atoms with Crippen molar-refractivity contribution in [2.24, 2.45) is 0 Å². The van der Waals surface area contributed by atoms with Gasteiger partial charge in [-0.05, 0) is 81.7 Å². The quantitative estimate of drug-likeness (QED) is 0.128. The number of hydrogen-bond acceptors (Lipinski definition) is 3. The predicted octanol–water partition coefficient (Wildman–Crippen LogP) is 15.9. The standard InChI is InChI=1S/C63H40N3.Ir/c1-2-16-44(17-3-1)60-43-49(63-26-12-15-39-66-63)35-36-59(60)58-23-9-8-22-57(58)52-41-50(55-20-6-4-18-53(55)45-27-31-47(32-28-45)61-24-10-13-37-64-61)40-51(42-52)56-21-7-5-19-54(56)46-29-33-48(34-30-46)62-25-11-14-38-65-62;/h1-31,33,35,37-43H;/q-3;+3. The van der Waals surface area contributed by atoms with Gasteiger partial charge in [-0.25, -0.2) is 0 Å². The van der Waals surface area contributed by atoms with Gasteiger partial charge in [0.1, 0.15) is 0 Å². The van der Waals surface area contributed by atoms with E-state index in [0.717, 1.165) is 112 Å². The second kappa shape index (κ2) is 19.5. The van der Waals surface area contributed by atoms with Gasteiger partial charge in [0.15, 0.2) is 0 Å². The van der Waals surface area contributed by atoms with E-state index in [1.165, 1.54) is 0 Å². The van der Waals surface area contributed by atoms with Crippen LogP contribution in [0.3, 0.4) is 0 Å². The normalized spacial score (nSPS) is 10.9. The summed E-state index contributed by atoms with van der Waals surface area (Å²) in [7, 11) is 0. The van der Waals surface area contributed by atoms with Gasteiger partial charge in [-0.1, -0.05) is 178 Å². The molecule has 0 unspecified atom stereocenters. The summed E-state index contributed by atoms with van der Waals surface area (Å²) in [6.07, 6.45) is 5.48. The molecule has 4 heteroatoms. The van der Waals surface area contributed by atoms with E-state index in [-0.39, 0.29) is 20.1 Å². The van der Waals surface area contributed by atoms with Crippen LogP contribution in [0.5, 0.6) is 0 Å². The van der Waals surface area contributed by atoms with Crippen molar-refractivity contribution < 1.29 is 20.1 Å². The maximum absolute atomic E-state index is 4.69. The maximum atomic E-state index is 4.69. The molecule has 67 heavy (non-hydrogen) atoms. The molecule has 0 N–H and O–H groups in total. The summed E-state index contributed by atoms with van der Waals surface area (Å²) in [5.41, 5.74) is 21.0. The van der Waals surface area contributed by atoms with Crippen molar-refractivity contribution in [3.05, 3.63) is 261 Å². The summed E-state index contributed by atoms with van der Waals surface area (Å²) in [5.74, 6) is 0. The Morgan fingerprint density at radius 1 is 0.254 bits per heavy atom. The maximum Gasteiger partial charge on any atom is 3.00 e. The molecule has 11 aromatic rings. The Labute approximate surface area is 405 Å². The zero-order chi connectivity index (χ0) is 44.1. The Kier molecular flexibility index (Phi) is 12.5. The minimum absolute atomic E-state index is 0. The summed E-state index contributed by atoms with van der Waals surface area (Å²) >= 11 is 0. The predicted molar refractivity (Wildman–Crippen MR) is 271 cm³/mol. The number of nitrogens with zero attached hydrogens (tertiary/aromatic N) is 3. The van der Waals surface area contributed by atoms with E-state index in [4.69, 9.17) is 4.98 Å². The van der Waals surface area contributed by atoms with E-state index < -0.39 is 0 Å². The van der Waals surface area contributed by atoms with Crippen LogP contribution in [0.1, 0.15) is 0 Å². The van der Waals surface area contributed by atoms with Gasteiger partial charge in [-0.3, -0.25) is 4.98 Å². The largest absolute Gasteiger partial charge is 3.00 e. The van der Waals surface area contributed by atoms with Gasteiger partial charge in [0, 0.05) is 24.3 Å². The van der Waals surface area contributed by atoms with E-state index in [0.29, 0.717) is 0 Å². The first-order valence-electron chi connectivity index (χ1n) is 22.1. The third kappa shape index (κ3) is 8.97. The van der Waals surface area contributed by atoms with Crippen LogP contribution in [-0.2, 0) is 20.1 Å². The van der Waals surface area contributed by atoms with Gasteiger partial charge in [-0.2, -0.15) is 0 Å².